The Hall–Kier alpha value is -2.53. The van der Waals surface area contributed by atoms with E-state index < -0.39 is 6.03 Å². The van der Waals surface area contributed by atoms with E-state index in [1.165, 1.54) is 5.17 Å². The number of primary amides is 1. The number of nitrogens with two attached hydrogens (primary N) is 1. The first-order valence-electron chi connectivity index (χ1n) is 5.84. The summed E-state index contributed by atoms with van der Waals surface area (Å²) in [5.74, 6) is 0. The number of benzene rings is 2. The average Bonchev–Trinajstić information content (AvgIpc) is 2.45. The molecule has 0 radical (unpaired) electrons. The van der Waals surface area contributed by atoms with Gasteiger partial charge in [0.2, 0.25) is 0 Å². The lowest BCUT2D eigenvalue weighted by Crippen LogP contribution is -2.45. The molecular formula is C14H15N3O2. The van der Waals surface area contributed by atoms with E-state index in [-0.39, 0.29) is 0 Å². The van der Waals surface area contributed by atoms with Crippen molar-refractivity contribution in [2.45, 2.75) is 6.61 Å². The summed E-state index contributed by atoms with van der Waals surface area (Å²) < 4.78 is 0. The van der Waals surface area contributed by atoms with Crippen LogP contribution in [-0.4, -0.2) is 6.03 Å². The zero-order valence-electron chi connectivity index (χ0n) is 10.3. The molecule has 0 aliphatic carbocycles. The van der Waals surface area contributed by atoms with Crippen LogP contribution < -0.4 is 16.3 Å². The van der Waals surface area contributed by atoms with Gasteiger partial charge in [0.25, 0.3) is 0 Å². The van der Waals surface area contributed by atoms with Gasteiger partial charge in [-0.05, 0) is 17.7 Å². The van der Waals surface area contributed by atoms with Gasteiger partial charge in [-0.15, -0.1) is 0 Å². The van der Waals surface area contributed by atoms with E-state index in [1.807, 2.05) is 48.5 Å². The Morgan fingerprint density at radius 2 is 1.63 bits per heavy atom. The molecule has 0 spiro atoms. The van der Waals surface area contributed by atoms with Crippen LogP contribution >= 0.6 is 0 Å². The zero-order chi connectivity index (χ0) is 13.5. The number of carbonyl (C=O) groups excluding carboxylic acids is 1. The number of amides is 2. The van der Waals surface area contributed by atoms with E-state index in [4.69, 9.17) is 10.6 Å². The third kappa shape index (κ3) is 4.01. The molecule has 0 saturated carbocycles. The van der Waals surface area contributed by atoms with Gasteiger partial charge in [0, 0.05) is 0 Å². The Kier molecular flexibility index (Phi) is 4.36. The summed E-state index contributed by atoms with van der Waals surface area (Å²) in [6.45, 7) is 0.329. The second-order valence-corrected chi connectivity index (χ2v) is 3.87. The maximum atomic E-state index is 11.0. The Morgan fingerprint density at radius 1 is 1.05 bits per heavy atom. The highest BCUT2D eigenvalue weighted by Gasteiger charge is 2.08. The molecule has 3 N–H and O–H groups in total. The third-order valence-corrected chi connectivity index (χ3v) is 2.41. The number of hydrogen-bond donors (Lipinski definition) is 2. The maximum Gasteiger partial charge on any atom is 0.332 e. The number of hydrogen-bond acceptors (Lipinski definition) is 3. The van der Waals surface area contributed by atoms with Crippen molar-refractivity contribution in [2.75, 3.05) is 5.17 Å². The highest BCUT2D eigenvalue weighted by Crippen LogP contribution is 2.13. The summed E-state index contributed by atoms with van der Waals surface area (Å²) in [6.07, 6.45) is 0. The maximum absolute atomic E-state index is 11.0. The molecule has 5 heteroatoms. The molecule has 98 valence electrons. The molecule has 0 bridgehead atoms. The van der Waals surface area contributed by atoms with E-state index in [1.54, 1.807) is 12.1 Å². The molecule has 0 aliphatic heterocycles. The van der Waals surface area contributed by atoms with Crippen molar-refractivity contribution in [2.24, 2.45) is 5.73 Å². The van der Waals surface area contributed by atoms with E-state index >= 15 is 0 Å². The predicted octanol–water partition coefficient (Wildman–Crippen LogP) is 2.21. The van der Waals surface area contributed by atoms with Gasteiger partial charge >= 0.3 is 6.03 Å². The molecule has 2 aromatic rings. The van der Waals surface area contributed by atoms with Crippen molar-refractivity contribution < 1.29 is 9.63 Å². The quantitative estimate of drug-likeness (QED) is 0.807. The van der Waals surface area contributed by atoms with Crippen LogP contribution in [0, 0.1) is 0 Å². The van der Waals surface area contributed by atoms with Gasteiger partial charge < -0.3 is 5.73 Å². The largest absolute Gasteiger partial charge is 0.350 e. The molecule has 2 aromatic carbocycles. The van der Waals surface area contributed by atoms with Crippen LogP contribution in [0.15, 0.2) is 60.7 Å². The zero-order valence-corrected chi connectivity index (χ0v) is 10.3. The topological polar surface area (TPSA) is 67.6 Å². The van der Waals surface area contributed by atoms with Crippen molar-refractivity contribution in [3.8, 4) is 0 Å². The number of rotatable bonds is 5. The van der Waals surface area contributed by atoms with Gasteiger partial charge in [-0.1, -0.05) is 48.5 Å². The van der Waals surface area contributed by atoms with Gasteiger partial charge in [0.1, 0.15) is 6.61 Å². The van der Waals surface area contributed by atoms with E-state index in [9.17, 15) is 4.79 Å². The lowest BCUT2D eigenvalue weighted by atomic mass is 10.2. The first-order valence-corrected chi connectivity index (χ1v) is 5.84. The fourth-order valence-electron chi connectivity index (χ4n) is 1.55. The smallest absolute Gasteiger partial charge is 0.332 e. The number of anilines is 1. The first kappa shape index (κ1) is 12.9. The van der Waals surface area contributed by atoms with Gasteiger partial charge in [-0.25, -0.2) is 15.1 Å². The van der Waals surface area contributed by atoms with Crippen molar-refractivity contribution in [3.63, 3.8) is 0 Å². The predicted molar refractivity (Wildman–Crippen MR) is 72.9 cm³/mol. The normalized spacial score (nSPS) is 9.89. The van der Waals surface area contributed by atoms with Gasteiger partial charge in [-0.2, -0.15) is 5.17 Å². The lowest BCUT2D eigenvalue weighted by molar-refractivity contribution is 0.0761. The summed E-state index contributed by atoms with van der Waals surface area (Å²) >= 11 is 0. The van der Waals surface area contributed by atoms with Gasteiger partial charge in [0.15, 0.2) is 0 Å². The lowest BCUT2D eigenvalue weighted by Gasteiger charge is -2.23. The summed E-state index contributed by atoms with van der Waals surface area (Å²) in [6, 6.07) is 18.1. The number of para-hydroxylation sites is 1. The van der Waals surface area contributed by atoms with Gasteiger partial charge in [0.05, 0.1) is 5.69 Å². The summed E-state index contributed by atoms with van der Waals surface area (Å²) in [7, 11) is 0. The van der Waals surface area contributed by atoms with Crippen LogP contribution in [0.2, 0.25) is 0 Å². The monoisotopic (exact) mass is 257 g/mol. The van der Waals surface area contributed by atoms with Crippen LogP contribution in [0.25, 0.3) is 0 Å². The molecule has 19 heavy (non-hydrogen) atoms. The Balaban J connectivity index is 2.04. The molecule has 0 unspecified atom stereocenters. The van der Waals surface area contributed by atoms with Crippen LogP contribution in [0.3, 0.4) is 0 Å². The number of hydrazine groups is 1. The molecule has 0 fully saturated rings. The average molecular weight is 257 g/mol. The second kappa shape index (κ2) is 6.42. The molecular weight excluding hydrogens is 242 g/mol. The number of nitrogens with zero attached hydrogens (tertiary/aromatic N) is 1. The third-order valence-electron chi connectivity index (χ3n) is 2.41. The number of nitrogens with one attached hydrogen (secondary N) is 1. The van der Waals surface area contributed by atoms with Crippen LogP contribution in [0.4, 0.5) is 10.5 Å². The molecule has 2 amide bonds. The minimum atomic E-state index is -0.683. The van der Waals surface area contributed by atoms with E-state index in [0.717, 1.165) is 5.56 Å². The van der Waals surface area contributed by atoms with Crippen LogP contribution in [0.5, 0.6) is 0 Å². The highest BCUT2D eigenvalue weighted by atomic mass is 16.7. The second-order valence-electron chi connectivity index (χ2n) is 3.87. The molecule has 2 rings (SSSR count). The standard InChI is InChI=1S/C14H15N3O2/c15-14(18)16-17(13-9-5-2-6-10-13)19-11-12-7-3-1-4-8-12/h1-10H,11H2,(H3,15,16,18). The molecule has 0 aliphatic rings. The van der Waals surface area contributed by atoms with Crippen LogP contribution in [0.1, 0.15) is 5.56 Å². The fourth-order valence-corrected chi connectivity index (χ4v) is 1.55. The summed E-state index contributed by atoms with van der Waals surface area (Å²) in [4.78, 5) is 16.5. The highest BCUT2D eigenvalue weighted by molar-refractivity contribution is 5.73. The van der Waals surface area contributed by atoms with Crippen molar-refractivity contribution in [1.82, 2.24) is 5.43 Å². The SMILES string of the molecule is NC(=O)NN(OCc1ccccc1)c1ccccc1. The summed E-state index contributed by atoms with van der Waals surface area (Å²) in [5, 5.41) is 1.26. The van der Waals surface area contributed by atoms with Gasteiger partial charge in [-0.3, -0.25) is 0 Å². The van der Waals surface area contributed by atoms with Crippen molar-refractivity contribution in [1.29, 1.82) is 0 Å². The van der Waals surface area contributed by atoms with Crippen molar-refractivity contribution >= 4 is 11.7 Å². The Bertz CT molecular complexity index is 517. The minimum Gasteiger partial charge on any atom is -0.350 e. The number of urea groups is 1. The Labute approximate surface area is 111 Å². The molecule has 0 heterocycles. The minimum absolute atomic E-state index is 0.329. The molecule has 5 nitrogen and oxygen atoms in total. The van der Waals surface area contributed by atoms with E-state index in [2.05, 4.69) is 5.43 Å². The molecule has 0 atom stereocenters. The fraction of sp³-hybridized carbons (Fsp3) is 0.0714. The molecule has 0 aromatic heterocycles. The number of carbonyl (C=O) groups is 1. The van der Waals surface area contributed by atoms with E-state index in [0.29, 0.717) is 12.3 Å². The van der Waals surface area contributed by atoms with Crippen molar-refractivity contribution in [3.05, 3.63) is 66.2 Å². The summed E-state index contributed by atoms with van der Waals surface area (Å²) in [5.41, 5.74) is 9.23. The van der Waals surface area contributed by atoms with Crippen LogP contribution in [-0.2, 0) is 11.4 Å². The molecule has 0 saturated heterocycles. The first-order chi connectivity index (χ1) is 9.25. The Morgan fingerprint density at radius 3 is 2.21 bits per heavy atom.